The molecule has 0 spiro atoms. The molecular formula is C10H16. The first-order valence-electron chi connectivity index (χ1n) is 3.53. The molecule has 56 valence electrons. The summed E-state index contributed by atoms with van der Waals surface area (Å²) in [4.78, 5) is 0. The molecule has 0 N–H and O–H groups in total. The summed E-state index contributed by atoms with van der Waals surface area (Å²) in [5, 5.41) is 0. The Morgan fingerprint density at radius 1 is 1.30 bits per heavy atom. The second-order valence-corrected chi connectivity index (χ2v) is 3.06. The maximum atomic E-state index is 3.75. The van der Waals surface area contributed by atoms with Crippen LogP contribution in [0.25, 0.3) is 0 Å². The molecule has 0 rings (SSSR count). The lowest BCUT2D eigenvalue weighted by atomic mass is 9.90. The van der Waals surface area contributed by atoms with Gasteiger partial charge in [0.1, 0.15) is 0 Å². The molecule has 0 saturated carbocycles. The van der Waals surface area contributed by atoms with Gasteiger partial charge in [-0.15, -0.1) is 6.58 Å². The topological polar surface area (TPSA) is 0 Å². The Labute approximate surface area is 64.0 Å². The van der Waals surface area contributed by atoms with E-state index in [1.54, 1.807) is 6.08 Å². The van der Waals surface area contributed by atoms with E-state index in [0.717, 1.165) is 6.42 Å². The van der Waals surface area contributed by atoms with Crippen molar-refractivity contribution < 1.29 is 0 Å². The summed E-state index contributed by atoms with van der Waals surface area (Å²) < 4.78 is 0. The van der Waals surface area contributed by atoms with E-state index < -0.39 is 0 Å². The van der Waals surface area contributed by atoms with Gasteiger partial charge in [0.2, 0.25) is 0 Å². The van der Waals surface area contributed by atoms with Crippen molar-refractivity contribution in [3.63, 3.8) is 0 Å². The molecule has 0 saturated heterocycles. The van der Waals surface area contributed by atoms with Crippen molar-refractivity contribution in [1.82, 2.24) is 0 Å². The smallest absolute Gasteiger partial charge is 0.0143 e. The minimum absolute atomic E-state index is 0.222. The van der Waals surface area contributed by atoms with Crippen molar-refractivity contribution in [2.75, 3.05) is 0 Å². The zero-order valence-corrected chi connectivity index (χ0v) is 6.93. The largest absolute Gasteiger partial charge is 0.103 e. The molecule has 0 heteroatoms. The van der Waals surface area contributed by atoms with E-state index in [1.807, 2.05) is 12.2 Å². The minimum atomic E-state index is 0.222. The van der Waals surface area contributed by atoms with Crippen LogP contribution >= 0.6 is 0 Å². The first-order chi connectivity index (χ1) is 4.62. The molecule has 0 heterocycles. The molecule has 0 radical (unpaired) electrons. The second kappa shape index (κ2) is 4.10. The van der Waals surface area contributed by atoms with Gasteiger partial charge in [-0.25, -0.2) is 0 Å². The van der Waals surface area contributed by atoms with Crippen LogP contribution < -0.4 is 0 Å². The van der Waals surface area contributed by atoms with Crippen LogP contribution in [0.1, 0.15) is 20.3 Å². The van der Waals surface area contributed by atoms with Crippen LogP contribution in [-0.2, 0) is 0 Å². The van der Waals surface area contributed by atoms with Crippen molar-refractivity contribution in [1.29, 1.82) is 0 Å². The Balaban J connectivity index is 3.77. The fourth-order valence-electron chi connectivity index (χ4n) is 0.551. The summed E-state index contributed by atoms with van der Waals surface area (Å²) in [5.74, 6) is 0. The maximum Gasteiger partial charge on any atom is -0.0143 e. The fourth-order valence-corrected chi connectivity index (χ4v) is 0.551. The predicted molar refractivity (Wildman–Crippen MR) is 47.9 cm³/mol. The van der Waals surface area contributed by atoms with E-state index in [4.69, 9.17) is 0 Å². The van der Waals surface area contributed by atoms with Crippen molar-refractivity contribution >= 4 is 0 Å². The molecule has 10 heavy (non-hydrogen) atoms. The average molecular weight is 136 g/mol. The summed E-state index contributed by atoms with van der Waals surface area (Å²) >= 11 is 0. The van der Waals surface area contributed by atoms with Crippen molar-refractivity contribution in [2.24, 2.45) is 5.41 Å². The van der Waals surface area contributed by atoms with Crippen molar-refractivity contribution in [3.8, 4) is 0 Å². The van der Waals surface area contributed by atoms with E-state index >= 15 is 0 Å². The molecule has 0 atom stereocenters. The van der Waals surface area contributed by atoms with Gasteiger partial charge >= 0.3 is 0 Å². The monoisotopic (exact) mass is 136 g/mol. The Morgan fingerprint density at radius 3 is 2.30 bits per heavy atom. The molecule has 0 fully saturated rings. The molecule has 0 aromatic heterocycles. The van der Waals surface area contributed by atoms with Crippen LogP contribution in [0.2, 0.25) is 0 Å². The van der Waals surface area contributed by atoms with Crippen molar-refractivity contribution in [3.05, 3.63) is 37.5 Å². The Bertz CT molecular complexity index is 138. The minimum Gasteiger partial charge on any atom is -0.103 e. The van der Waals surface area contributed by atoms with Gasteiger partial charge in [0.15, 0.2) is 0 Å². The van der Waals surface area contributed by atoms with Crippen LogP contribution in [0.4, 0.5) is 0 Å². The lowest BCUT2D eigenvalue weighted by Gasteiger charge is -2.15. The quantitative estimate of drug-likeness (QED) is 0.411. The second-order valence-electron chi connectivity index (χ2n) is 3.06. The lowest BCUT2D eigenvalue weighted by molar-refractivity contribution is 0.490. The van der Waals surface area contributed by atoms with Gasteiger partial charge in [0, 0.05) is 0 Å². The highest BCUT2D eigenvalue weighted by molar-refractivity contribution is 5.01. The molecule has 0 aliphatic heterocycles. The predicted octanol–water partition coefficient (Wildman–Crippen LogP) is 3.33. The Morgan fingerprint density at radius 2 is 1.90 bits per heavy atom. The summed E-state index contributed by atoms with van der Waals surface area (Å²) in [6, 6.07) is 0. The van der Waals surface area contributed by atoms with Gasteiger partial charge in [-0.05, 0) is 11.8 Å². The van der Waals surface area contributed by atoms with Crippen LogP contribution in [0, 0.1) is 5.41 Å². The highest BCUT2D eigenvalue weighted by atomic mass is 14.1. The molecule has 0 aliphatic carbocycles. The molecule has 0 aromatic rings. The number of hydrogen-bond donors (Lipinski definition) is 0. The number of allylic oxidation sites excluding steroid dienone is 4. The molecule has 0 aliphatic rings. The summed E-state index contributed by atoms with van der Waals surface area (Å²) in [5.41, 5.74) is 0.222. The van der Waals surface area contributed by atoms with Gasteiger partial charge in [0.25, 0.3) is 0 Å². The standard InChI is InChI=1S/C10H16/c1-5-7-8-9-10(3,4)6-2/h5-8H,1-2,9H2,3-4H3. The van der Waals surface area contributed by atoms with Crippen LogP contribution in [0.15, 0.2) is 37.5 Å². The van der Waals surface area contributed by atoms with E-state index in [9.17, 15) is 0 Å². The first-order valence-corrected chi connectivity index (χ1v) is 3.53. The first kappa shape index (κ1) is 9.22. The number of rotatable bonds is 4. The molecule has 0 unspecified atom stereocenters. The summed E-state index contributed by atoms with van der Waals surface area (Å²) in [7, 11) is 0. The van der Waals surface area contributed by atoms with E-state index in [-0.39, 0.29) is 5.41 Å². The van der Waals surface area contributed by atoms with E-state index in [1.165, 1.54) is 0 Å². The lowest BCUT2D eigenvalue weighted by Crippen LogP contribution is -2.03. The fraction of sp³-hybridized carbons (Fsp3) is 0.400. The van der Waals surface area contributed by atoms with Gasteiger partial charge in [0.05, 0.1) is 0 Å². The third-order valence-corrected chi connectivity index (χ3v) is 1.47. The van der Waals surface area contributed by atoms with E-state index in [0.29, 0.717) is 0 Å². The third kappa shape index (κ3) is 4.13. The maximum absolute atomic E-state index is 3.75. The van der Waals surface area contributed by atoms with Gasteiger partial charge < -0.3 is 0 Å². The molecule has 0 aromatic carbocycles. The van der Waals surface area contributed by atoms with Crippen molar-refractivity contribution in [2.45, 2.75) is 20.3 Å². The molecular weight excluding hydrogens is 120 g/mol. The Hall–Kier alpha value is -0.780. The van der Waals surface area contributed by atoms with Crippen LogP contribution in [0.5, 0.6) is 0 Å². The van der Waals surface area contributed by atoms with Crippen LogP contribution in [-0.4, -0.2) is 0 Å². The molecule has 0 bridgehead atoms. The van der Waals surface area contributed by atoms with E-state index in [2.05, 4.69) is 33.1 Å². The van der Waals surface area contributed by atoms with Gasteiger partial charge in [-0.2, -0.15) is 0 Å². The normalized spacial score (nSPS) is 11.8. The summed E-state index contributed by atoms with van der Waals surface area (Å²) in [6.45, 7) is 11.7. The van der Waals surface area contributed by atoms with Gasteiger partial charge in [-0.1, -0.05) is 44.7 Å². The number of hydrogen-bond acceptors (Lipinski definition) is 0. The zero-order valence-electron chi connectivity index (χ0n) is 6.93. The highest BCUT2D eigenvalue weighted by Crippen LogP contribution is 2.21. The van der Waals surface area contributed by atoms with Crippen LogP contribution in [0.3, 0.4) is 0 Å². The SMILES string of the molecule is C=CC=CCC(C)(C)C=C. The summed E-state index contributed by atoms with van der Waals surface area (Å²) in [6.07, 6.45) is 8.86. The Kier molecular flexibility index (Phi) is 3.78. The molecule has 0 nitrogen and oxygen atoms in total. The zero-order chi connectivity index (χ0) is 8.04. The third-order valence-electron chi connectivity index (χ3n) is 1.47. The van der Waals surface area contributed by atoms with Gasteiger partial charge in [-0.3, -0.25) is 0 Å². The molecule has 0 amide bonds. The average Bonchev–Trinajstić information content (AvgIpc) is 1.89. The highest BCUT2D eigenvalue weighted by Gasteiger charge is 2.08.